The van der Waals surface area contributed by atoms with E-state index in [0.717, 1.165) is 26.9 Å². The van der Waals surface area contributed by atoms with Gasteiger partial charge in [0.05, 0.1) is 18.5 Å². The Balaban J connectivity index is 1.55. The van der Waals surface area contributed by atoms with Crippen LogP contribution >= 0.6 is 0 Å². The topological polar surface area (TPSA) is 113 Å². The van der Waals surface area contributed by atoms with E-state index in [0.29, 0.717) is 17.1 Å². The van der Waals surface area contributed by atoms with Crippen molar-refractivity contribution in [1.82, 2.24) is 9.88 Å². The van der Waals surface area contributed by atoms with Crippen LogP contribution in [0.3, 0.4) is 0 Å². The number of benzene rings is 3. The van der Waals surface area contributed by atoms with Crippen molar-refractivity contribution >= 4 is 34.2 Å². The number of rotatable bonds is 4. The van der Waals surface area contributed by atoms with Gasteiger partial charge in [0.2, 0.25) is 0 Å². The standard InChI is InChI=1S/C27H24N4O5/c1-27-24-23(19-8-3-5-9-21(19)28-24)20(18-7-4-6-10-22(18)36-2)15-29(27)26(33)30(25(27)32)16-11-13-17(14-12-16)31(34)35/h3-14,20,28,31,34H,15H2,1-2H3. The number of quaternary nitrogens is 1. The number of imide groups is 1. The van der Waals surface area contributed by atoms with E-state index in [9.17, 15) is 20.0 Å². The zero-order valence-corrected chi connectivity index (χ0v) is 19.7. The summed E-state index contributed by atoms with van der Waals surface area (Å²) in [5, 5.41) is 20.5. The maximum atomic E-state index is 14.0. The minimum Gasteiger partial charge on any atom is -0.595 e. The monoisotopic (exact) mass is 484 g/mol. The Morgan fingerprint density at radius 2 is 1.75 bits per heavy atom. The Bertz CT molecular complexity index is 1510. The van der Waals surface area contributed by atoms with Crippen LogP contribution in [-0.4, -0.2) is 40.7 Å². The van der Waals surface area contributed by atoms with Crippen LogP contribution in [0.15, 0.2) is 72.8 Å². The van der Waals surface area contributed by atoms with Crippen molar-refractivity contribution in [3.63, 3.8) is 0 Å². The Kier molecular flexibility index (Phi) is 4.91. The van der Waals surface area contributed by atoms with Crippen LogP contribution in [0, 0.1) is 5.21 Å². The second-order valence-electron chi connectivity index (χ2n) is 9.21. The third kappa shape index (κ3) is 2.94. The van der Waals surface area contributed by atoms with Gasteiger partial charge < -0.3 is 19.8 Å². The number of nitrogens with zero attached hydrogens (tertiary/aromatic N) is 2. The minimum atomic E-state index is -1.25. The fourth-order valence-corrected chi connectivity index (χ4v) is 5.61. The first-order valence-electron chi connectivity index (χ1n) is 11.6. The molecule has 3 unspecified atom stereocenters. The van der Waals surface area contributed by atoms with Gasteiger partial charge in [-0.3, -0.25) is 4.79 Å². The number of aromatic nitrogens is 1. The van der Waals surface area contributed by atoms with E-state index in [-0.39, 0.29) is 24.1 Å². The molecule has 0 saturated carbocycles. The molecule has 4 aromatic rings. The summed E-state index contributed by atoms with van der Waals surface area (Å²) in [4.78, 5) is 34.0. The summed E-state index contributed by atoms with van der Waals surface area (Å²) in [5.41, 5.74) is 2.61. The second kappa shape index (κ2) is 7.92. The van der Waals surface area contributed by atoms with Crippen molar-refractivity contribution in [2.45, 2.75) is 18.4 Å². The van der Waals surface area contributed by atoms with E-state index < -0.39 is 16.8 Å². The molecule has 3 aromatic carbocycles. The number of nitrogens with one attached hydrogen (secondary N) is 2. The third-order valence-electron chi connectivity index (χ3n) is 7.42. The normalized spacial score (nSPS) is 22.1. The molecule has 0 bridgehead atoms. The second-order valence-corrected chi connectivity index (χ2v) is 9.21. The predicted molar refractivity (Wildman–Crippen MR) is 132 cm³/mol. The number of urea groups is 1. The molecule has 6 rings (SSSR count). The lowest BCUT2D eigenvalue weighted by atomic mass is 9.78. The summed E-state index contributed by atoms with van der Waals surface area (Å²) in [5.74, 6) is 0.0924. The molecule has 182 valence electrons. The number of hydrogen-bond donors (Lipinski definition) is 3. The highest BCUT2D eigenvalue weighted by atomic mass is 16.8. The number of methoxy groups -OCH3 is 1. The molecule has 2 aliphatic rings. The average Bonchev–Trinajstić information content (AvgIpc) is 3.38. The Hall–Kier alpha value is -4.18. The van der Waals surface area contributed by atoms with Crippen LogP contribution in [0.4, 0.5) is 16.2 Å². The van der Waals surface area contributed by atoms with Gasteiger partial charge >= 0.3 is 6.03 Å². The van der Waals surface area contributed by atoms with Crippen LogP contribution < -0.4 is 14.9 Å². The van der Waals surface area contributed by atoms with Gasteiger partial charge in [-0.05, 0) is 36.8 Å². The molecule has 3 atom stereocenters. The van der Waals surface area contributed by atoms with Crippen LogP contribution in [0.5, 0.6) is 5.75 Å². The zero-order valence-electron chi connectivity index (χ0n) is 19.7. The number of carbonyl (C=O) groups is 2. The SMILES string of the molecule is COc1ccccc1C1CN2C(=O)N(c3ccc([NH+]([O-])O)cc3)C(=O)C2(C)c2[nH]c3ccccc3c21. The lowest BCUT2D eigenvalue weighted by Crippen LogP contribution is -2.99. The molecule has 1 fully saturated rings. The number of para-hydroxylation sites is 2. The van der Waals surface area contributed by atoms with Crippen molar-refractivity contribution in [1.29, 1.82) is 0 Å². The highest BCUT2D eigenvalue weighted by Gasteiger charge is 2.60. The molecule has 2 aliphatic heterocycles. The Labute approximate surface area is 206 Å². The molecule has 9 heteroatoms. The Morgan fingerprint density at radius 3 is 2.47 bits per heavy atom. The third-order valence-corrected chi connectivity index (χ3v) is 7.42. The molecule has 1 aromatic heterocycles. The van der Waals surface area contributed by atoms with E-state index in [1.165, 1.54) is 24.3 Å². The molecule has 1 saturated heterocycles. The summed E-state index contributed by atoms with van der Waals surface area (Å²) >= 11 is 0. The molecule has 0 radical (unpaired) electrons. The number of H-pyrrole nitrogens is 1. The first-order valence-corrected chi connectivity index (χ1v) is 11.6. The highest BCUT2D eigenvalue weighted by Crippen LogP contribution is 2.51. The summed E-state index contributed by atoms with van der Waals surface area (Å²) in [6.07, 6.45) is 0. The average molecular weight is 485 g/mol. The first-order chi connectivity index (χ1) is 17.4. The van der Waals surface area contributed by atoms with Gasteiger partial charge in [0, 0.05) is 41.1 Å². The van der Waals surface area contributed by atoms with Crippen molar-refractivity contribution in [2.75, 3.05) is 18.6 Å². The fourth-order valence-electron chi connectivity index (χ4n) is 5.61. The quantitative estimate of drug-likeness (QED) is 0.304. The molecular weight excluding hydrogens is 460 g/mol. The summed E-state index contributed by atoms with van der Waals surface area (Å²) in [6, 6.07) is 20.9. The number of carbonyl (C=O) groups excluding carboxylic acids is 2. The van der Waals surface area contributed by atoms with E-state index in [1.807, 2.05) is 48.5 Å². The molecular formula is C27H24N4O5. The number of fused-ring (bicyclic) bond motifs is 5. The molecule has 3 amide bonds. The molecule has 9 nitrogen and oxygen atoms in total. The van der Waals surface area contributed by atoms with E-state index >= 15 is 0 Å². The zero-order chi connectivity index (χ0) is 25.2. The molecule has 0 aliphatic carbocycles. The van der Waals surface area contributed by atoms with Crippen molar-refractivity contribution in [3.8, 4) is 5.75 Å². The number of anilines is 1. The predicted octanol–water partition coefficient (Wildman–Crippen LogP) is 3.41. The number of aromatic amines is 1. The number of amides is 3. The molecule has 3 N–H and O–H groups in total. The van der Waals surface area contributed by atoms with Crippen LogP contribution in [0.25, 0.3) is 10.9 Å². The summed E-state index contributed by atoms with van der Waals surface area (Å²) in [6.45, 7) is 2.05. The number of ether oxygens (including phenoxy) is 1. The maximum Gasteiger partial charge on any atom is 0.332 e. The largest absolute Gasteiger partial charge is 0.595 e. The van der Waals surface area contributed by atoms with Gasteiger partial charge in [0.1, 0.15) is 5.75 Å². The van der Waals surface area contributed by atoms with Crippen LogP contribution in [0.2, 0.25) is 0 Å². The van der Waals surface area contributed by atoms with Gasteiger partial charge in [-0.2, -0.15) is 5.23 Å². The smallest absolute Gasteiger partial charge is 0.332 e. The fraction of sp³-hybridized carbons (Fsp3) is 0.185. The van der Waals surface area contributed by atoms with Gasteiger partial charge in [-0.1, -0.05) is 36.4 Å². The van der Waals surface area contributed by atoms with Gasteiger partial charge in [-0.15, -0.1) is 0 Å². The highest BCUT2D eigenvalue weighted by molar-refractivity contribution is 6.23. The first kappa shape index (κ1) is 22.3. The minimum absolute atomic E-state index is 0.0796. The molecule has 3 heterocycles. The molecule has 36 heavy (non-hydrogen) atoms. The van der Waals surface area contributed by atoms with Gasteiger partial charge in [-0.25, -0.2) is 14.9 Å². The molecule has 0 spiro atoms. The van der Waals surface area contributed by atoms with Gasteiger partial charge in [0.25, 0.3) is 5.91 Å². The van der Waals surface area contributed by atoms with Crippen molar-refractivity contribution in [3.05, 3.63) is 94.8 Å². The lowest BCUT2D eigenvalue weighted by molar-refractivity contribution is -0.991. The van der Waals surface area contributed by atoms with E-state index in [1.54, 1.807) is 18.9 Å². The van der Waals surface area contributed by atoms with Crippen LogP contribution in [-0.2, 0) is 10.3 Å². The van der Waals surface area contributed by atoms with E-state index in [4.69, 9.17) is 4.74 Å². The van der Waals surface area contributed by atoms with E-state index in [2.05, 4.69) is 4.98 Å². The van der Waals surface area contributed by atoms with Crippen molar-refractivity contribution in [2.24, 2.45) is 0 Å². The summed E-state index contributed by atoms with van der Waals surface area (Å²) < 4.78 is 5.67. The maximum absolute atomic E-state index is 14.0. The van der Waals surface area contributed by atoms with Crippen molar-refractivity contribution < 1.29 is 24.8 Å². The lowest BCUT2D eigenvalue weighted by Gasteiger charge is -2.40. The Morgan fingerprint density at radius 1 is 1.06 bits per heavy atom. The van der Waals surface area contributed by atoms with Crippen LogP contribution in [0.1, 0.15) is 29.7 Å². The van der Waals surface area contributed by atoms with Gasteiger partial charge in [0.15, 0.2) is 11.2 Å². The number of hydrogen-bond acceptors (Lipinski definition) is 5. The summed E-state index contributed by atoms with van der Waals surface area (Å²) in [7, 11) is 1.62.